The average molecular weight is 331 g/mol. The minimum absolute atomic E-state index is 0.151. The smallest absolute Gasteiger partial charge is 0.410 e. The lowest BCUT2D eigenvalue weighted by Gasteiger charge is -2.30. The van der Waals surface area contributed by atoms with Gasteiger partial charge in [-0.15, -0.1) is 0 Å². The third-order valence-corrected chi connectivity index (χ3v) is 4.60. The maximum Gasteiger partial charge on any atom is 0.410 e. The SMILES string of the molecule is CSCCCCNC(C)CC1CCCN1C(=O)OC(C)(C)C. The van der Waals surface area contributed by atoms with E-state index in [4.69, 9.17) is 4.74 Å². The molecule has 0 radical (unpaired) electrons. The molecule has 22 heavy (non-hydrogen) atoms. The normalized spacial score (nSPS) is 20.2. The van der Waals surface area contributed by atoms with Crippen molar-refractivity contribution in [3.8, 4) is 0 Å². The van der Waals surface area contributed by atoms with Crippen LogP contribution in [-0.4, -0.2) is 53.8 Å². The van der Waals surface area contributed by atoms with Gasteiger partial charge in [0, 0.05) is 18.6 Å². The Morgan fingerprint density at radius 1 is 1.41 bits per heavy atom. The molecule has 2 unspecified atom stereocenters. The van der Waals surface area contributed by atoms with Crippen LogP contribution in [0.25, 0.3) is 0 Å². The van der Waals surface area contributed by atoms with Gasteiger partial charge in [0.25, 0.3) is 0 Å². The van der Waals surface area contributed by atoms with Crippen LogP contribution in [0.4, 0.5) is 4.79 Å². The van der Waals surface area contributed by atoms with Crippen molar-refractivity contribution in [3.05, 3.63) is 0 Å². The first-order valence-corrected chi connectivity index (χ1v) is 9.95. The Balaban J connectivity index is 2.32. The van der Waals surface area contributed by atoms with E-state index in [0.717, 1.165) is 32.4 Å². The highest BCUT2D eigenvalue weighted by molar-refractivity contribution is 7.98. The van der Waals surface area contributed by atoms with E-state index in [1.807, 2.05) is 37.4 Å². The summed E-state index contributed by atoms with van der Waals surface area (Å²) in [5, 5.41) is 3.59. The van der Waals surface area contributed by atoms with E-state index in [1.165, 1.54) is 18.6 Å². The van der Waals surface area contributed by atoms with Gasteiger partial charge in [0.2, 0.25) is 0 Å². The number of hydrogen-bond donors (Lipinski definition) is 1. The fourth-order valence-electron chi connectivity index (χ4n) is 2.85. The summed E-state index contributed by atoms with van der Waals surface area (Å²) in [6.07, 6.45) is 7.70. The highest BCUT2D eigenvalue weighted by atomic mass is 32.2. The van der Waals surface area contributed by atoms with Gasteiger partial charge in [-0.25, -0.2) is 4.79 Å². The number of carbonyl (C=O) groups excluding carboxylic acids is 1. The van der Waals surface area contributed by atoms with Crippen LogP contribution in [0.5, 0.6) is 0 Å². The third-order valence-electron chi connectivity index (χ3n) is 3.90. The van der Waals surface area contributed by atoms with Crippen molar-refractivity contribution >= 4 is 17.9 Å². The van der Waals surface area contributed by atoms with Gasteiger partial charge in [0.15, 0.2) is 0 Å². The molecule has 1 fully saturated rings. The van der Waals surface area contributed by atoms with Crippen molar-refractivity contribution in [3.63, 3.8) is 0 Å². The molecular weight excluding hydrogens is 296 g/mol. The Morgan fingerprint density at radius 2 is 2.14 bits per heavy atom. The number of nitrogens with one attached hydrogen (secondary N) is 1. The molecule has 5 heteroatoms. The first-order valence-electron chi connectivity index (χ1n) is 8.55. The first-order chi connectivity index (χ1) is 10.3. The van der Waals surface area contributed by atoms with Crippen LogP contribution in [0.2, 0.25) is 0 Å². The summed E-state index contributed by atoms with van der Waals surface area (Å²) in [7, 11) is 0. The summed E-state index contributed by atoms with van der Waals surface area (Å²) in [5.74, 6) is 1.24. The zero-order valence-corrected chi connectivity index (χ0v) is 15.8. The summed E-state index contributed by atoms with van der Waals surface area (Å²) < 4.78 is 5.52. The number of likely N-dealkylation sites (tertiary alicyclic amines) is 1. The maximum absolute atomic E-state index is 12.3. The van der Waals surface area contributed by atoms with Crippen molar-refractivity contribution in [2.75, 3.05) is 25.1 Å². The lowest BCUT2D eigenvalue weighted by atomic mass is 10.1. The second kappa shape index (κ2) is 9.66. The zero-order valence-electron chi connectivity index (χ0n) is 15.0. The van der Waals surface area contributed by atoms with E-state index >= 15 is 0 Å². The van der Waals surface area contributed by atoms with Gasteiger partial charge in [0.1, 0.15) is 5.60 Å². The predicted octanol–water partition coefficient (Wildman–Crippen LogP) is 3.90. The fourth-order valence-corrected chi connectivity index (χ4v) is 3.35. The third kappa shape index (κ3) is 7.73. The minimum atomic E-state index is -0.411. The van der Waals surface area contributed by atoms with E-state index < -0.39 is 5.60 Å². The molecule has 0 aliphatic carbocycles. The van der Waals surface area contributed by atoms with E-state index in [0.29, 0.717) is 12.1 Å². The van der Waals surface area contributed by atoms with Crippen molar-refractivity contribution < 1.29 is 9.53 Å². The molecule has 1 rings (SSSR count). The molecule has 0 aromatic carbocycles. The van der Waals surface area contributed by atoms with Crippen LogP contribution < -0.4 is 5.32 Å². The summed E-state index contributed by atoms with van der Waals surface area (Å²) in [6.45, 7) is 9.90. The molecule has 4 nitrogen and oxygen atoms in total. The Morgan fingerprint density at radius 3 is 2.77 bits per heavy atom. The van der Waals surface area contributed by atoms with Crippen LogP contribution in [-0.2, 0) is 4.74 Å². The molecule has 1 saturated heterocycles. The van der Waals surface area contributed by atoms with Crippen molar-refractivity contribution in [2.24, 2.45) is 0 Å². The predicted molar refractivity (Wildman–Crippen MR) is 95.7 cm³/mol. The molecule has 1 aliphatic rings. The highest BCUT2D eigenvalue weighted by Gasteiger charge is 2.32. The van der Waals surface area contributed by atoms with Gasteiger partial charge in [0.05, 0.1) is 0 Å². The maximum atomic E-state index is 12.3. The molecule has 130 valence electrons. The summed E-state index contributed by atoms with van der Waals surface area (Å²) >= 11 is 1.91. The molecule has 2 atom stereocenters. The van der Waals surface area contributed by atoms with E-state index in [2.05, 4.69) is 18.5 Å². The second-order valence-corrected chi connectivity index (χ2v) is 8.25. The summed E-state index contributed by atoms with van der Waals surface area (Å²) in [5.41, 5.74) is -0.411. The molecule has 1 heterocycles. The standard InChI is InChI=1S/C17H34N2O2S/c1-14(18-10-6-7-12-22-5)13-15-9-8-11-19(15)16(20)21-17(2,3)4/h14-15,18H,6-13H2,1-5H3. The number of thioether (sulfide) groups is 1. The van der Waals surface area contributed by atoms with Crippen LogP contribution in [0, 0.1) is 0 Å². The number of rotatable bonds is 8. The Kier molecular flexibility index (Phi) is 8.62. The van der Waals surface area contributed by atoms with Gasteiger partial charge in [-0.1, -0.05) is 0 Å². The van der Waals surface area contributed by atoms with E-state index in [-0.39, 0.29) is 6.09 Å². The second-order valence-electron chi connectivity index (χ2n) is 7.26. The Bertz CT molecular complexity index is 331. The van der Waals surface area contributed by atoms with Crippen LogP contribution >= 0.6 is 11.8 Å². The summed E-state index contributed by atoms with van der Waals surface area (Å²) in [6, 6.07) is 0.769. The highest BCUT2D eigenvalue weighted by Crippen LogP contribution is 2.24. The lowest BCUT2D eigenvalue weighted by Crippen LogP contribution is -2.42. The van der Waals surface area contributed by atoms with Gasteiger partial charge in [-0.2, -0.15) is 11.8 Å². The molecule has 1 amide bonds. The van der Waals surface area contributed by atoms with E-state index in [9.17, 15) is 4.79 Å². The molecule has 0 saturated carbocycles. The number of nitrogens with zero attached hydrogens (tertiary/aromatic N) is 1. The molecular formula is C17H34N2O2S. The van der Waals surface area contributed by atoms with Crippen molar-refractivity contribution in [1.29, 1.82) is 0 Å². The number of unbranched alkanes of at least 4 members (excludes halogenated alkanes) is 1. The number of amides is 1. The van der Waals surface area contributed by atoms with Crippen molar-refractivity contribution in [1.82, 2.24) is 10.2 Å². The molecule has 1 aliphatic heterocycles. The number of carbonyl (C=O) groups is 1. The topological polar surface area (TPSA) is 41.6 Å². The van der Waals surface area contributed by atoms with E-state index in [1.54, 1.807) is 0 Å². The van der Waals surface area contributed by atoms with Gasteiger partial charge >= 0.3 is 6.09 Å². The first kappa shape index (κ1) is 19.6. The molecule has 1 N–H and O–H groups in total. The number of ether oxygens (including phenoxy) is 1. The van der Waals surface area contributed by atoms with Gasteiger partial charge < -0.3 is 15.0 Å². The lowest BCUT2D eigenvalue weighted by molar-refractivity contribution is 0.0214. The summed E-state index contributed by atoms with van der Waals surface area (Å²) in [4.78, 5) is 14.2. The Hall–Kier alpha value is -0.420. The number of hydrogen-bond acceptors (Lipinski definition) is 4. The minimum Gasteiger partial charge on any atom is -0.444 e. The molecule has 0 spiro atoms. The van der Waals surface area contributed by atoms with Crippen LogP contribution in [0.1, 0.15) is 59.8 Å². The average Bonchev–Trinajstić information content (AvgIpc) is 2.84. The Labute approximate surface area is 140 Å². The van der Waals surface area contributed by atoms with Gasteiger partial charge in [-0.05, 0) is 78.4 Å². The van der Waals surface area contributed by atoms with Crippen LogP contribution in [0.3, 0.4) is 0 Å². The van der Waals surface area contributed by atoms with Crippen molar-refractivity contribution in [2.45, 2.75) is 77.5 Å². The van der Waals surface area contributed by atoms with Gasteiger partial charge in [-0.3, -0.25) is 0 Å². The van der Waals surface area contributed by atoms with Crippen LogP contribution in [0.15, 0.2) is 0 Å². The largest absolute Gasteiger partial charge is 0.444 e. The molecule has 0 aromatic rings. The molecule has 0 aromatic heterocycles. The monoisotopic (exact) mass is 330 g/mol. The fraction of sp³-hybridized carbons (Fsp3) is 0.941. The quantitative estimate of drug-likeness (QED) is 0.685. The zero-order chi connectivity index (χ0) is 16.6. The molecule has 0 bridgehead atoms.